The van der Waals surface area contributed by atoms with Gasteiger partial charge in [0.1, 0.15) is 17.3 Å². The summed E-state index contributed by atoms with van der Waals surface area (Å²) in [6, 6.07) is 15.2. The van der Waals surface area contributed by atoms with Crippen LogP contribution in [0, 0.1) is 5.82 Å². The number of thioether (sulfide) groups is 1. The number of halogens is 3. The first-order chi connectivity index (χ1) is 18.8. The van der Waals surface area contributed by atoms with Crippen molar-refractivity contribution in [1.29, 1.82) is 0 Å². The summed E-state index contributed by atoms with van der Waals surface area (Å²) in [4.78, 5) is 25.4. The number of ether oxygens (including phenoxy) is 2. The van der Waals surface area contributed by atoms with Gasteiger partial charge in [-0.05, 0) is 54.6 Å². The lowest BCUT2D eigenvalue weighted by Crippen LogP contribution is -2.25. The molecule has 0 saturated heterocycles. The number of aromatic nitrogens is 3. The number of nitrogens with zero attached hydrogens (tertiary/aromatic N) is 3. The van der Waals surface area contributed by atoms with Gasteiger partial charge in [-0.25, -0.2) is 4.39 Å². The second-order valence-electron chi connectivity index (χ2n) is 7.92. The number of carbonyl (C=O) groups excluding carboxylic acids is 2. The van der Waals surface area contributed by atoms with Gasteiger partial charge in [0.25, 0.3) is 5.91 Å². The molecule has 0 bridgehead atoms. The number of rotatable bonds is 10. The number of hydrogen-bond acceptors (Lipinski definition) is 7. The number of anilines is 1. The van der Waals surface area contributed by atoms with Crippen molar-refractivity contribution in [2.24, 2.45) is 0 Å². The minimum Gasteiger partial charge on any atom is -0.497 e. The van der Waals surface area contributed by atoms with Crippen LogP contribution in [0.3, 0.4) is 0 Å². The highest BCUT2D eigenvalue weighted by atomic mass is 35.5. The zero-order valence-electron chi connectivity index (χ0n) is 20.7. The molecule has 202 valence electrons. The van der Waals surface area contributed by atoms with Crippen LogP contribution in [0.4, 0.5) is 10.1 Å². The summed E-state index contributed by atoms with van der Waals surface area (Å²) in [6.45, 7) is -0.0203. The summed E-state index contributed by atoms with van der Waals surface area (Å²) >= 11 is 13.2. The maximum Gasteiger partial charge on any atom is 0.253 e. The van der Waals surface area contributed by atoms with E-state index in [0.717, 1.165) is 11.8 Å². The van der Waals surface area contributed by atoms with E-state index in [9.17, 15) is 14.0 Å². The van der Waals surface area contributed by atoms with Crippen molar-refractivity contribution >= 4 is 52.5 Å². The van der Waals surface area contributed by atoms with Gasteiger partial charge < -0.3 is 20.1 Å². The minimum atomic E-state index is -0.434. The average molecular weight is 590 g/mol. The zero-order chi connectivity index (χ0) is 27.9. The lowest BCUT2D eigenvalue weighted by Gasteiger charge is -2.15. The van der Waals surface area contributed by atoms with Gasteiger partial charge in [-0.1, -0.05) is 35.0 Å². The summed E-state index contributed by atoms with van der Waals surface area (Å²) < 4.78 is 25.8. The molecule has 4 aromatic rings. The summed E-state index contributed by atoms with van der Waals surface area (Å²) in [6.07, 6.45) is 0. The van der Waals surface area contributed by atoms with Gasteiger partial charge in [0.05, 0.1) is 42.8 Å². The molecule has 0 spiro atoms. The molecule has 3 aromatic carbocycles. The van der Waals surface area contributed by atoms with E-state index in [4.69, 9.17) is 32.7 Å². The lowest BCUT2D eigenvalue weighted by molar-refractivity contribution is -0.113. The zero-order valence-corrected chi connectivity index (χ0v) is 23.0. The van der Waals surface area contributed by atoms with Crippen LogP contribution >= 0.6 is 35.0 Å². The van der Waals surface area contributed by atoms with Gasteiger partial charge in [0, 0.05) is 16.8 Å². The van der Waals surface area contributed by atoms with Crippen LogP contribution in [0.15, 0.2) is 65.8 Å². The Kier molecular flexibility index (Phi) is 9.28. The van der Waals surface area contributed by atoms with Crippen LogP contribution in [0.1, 0.15) is 16.2 Å². The third kappa shape index (κ3) is 6.99. The fourth-order valence-corrected chi connectivity index (χ4v) is 4.77. The standard InChI is InChI=1S/C26H22Cl2FN5O4S/c1-37-18-8-10-22(38-2)21(12-18)34-23(13-30-25(36)19-9-3-15(27)11-20(19)28)32-33-26(34)39-14-24(35)31-17-6-4-16(29)5-7-17/h3-12H,13-14H2,1-2H3,(H,30,36)(H,31,35). The summed E-state index contributed by atoms with van der Waals surface area (Å²) in [5.74, 6) is 0.216. The molecular formula is C26H22Cl2FN5O4S. The molecule has 0 unspecified atom stereocenters. The second kappa shape index (κ2) is 12.8. The lowest BCUT2D eigenvalue weighted by atomic mass is 10.2. The molecule has 2 N–H and O–H groups in total. The van der Waals surface area contributed by atoms with E-state index in [0.29, 0.717) is 38.9 Å². The number of amides is 2. The van der Waals surface area contributed by atoms with Gasteiger partial charge >= 0.3 is 0 Å². The molecule has 2 amide bonds. The molecule has 39 heavy (non-hydrogen) atoms. The molecule has 0 aliphatic rings. The Bertz CT molecular complexity index is 1500. The number of benzene rings is 3. The first kappa shape index (κ1) is 28.2. The monoisotopic (exact) mass is 589 g/mol. The first-order valence-corrected chi connectivity index (χ1v) is 13.1. The van der Waals surface area contributed by atoms with Crippen molar-refractivity contribution in [1.82, 2.24) is 20.1 Å². The molecular weight excluding hydrogens is 568 g/mol. The van der Waals surface area contributed by atoms with Crippen LogP contribution in [-0.4, -0.2) is 46.6 Å². The third-order valence-electron chi connectivity index (χ3n) is 5.37. The number of methoxy groups -OCH3 is 2. The molecule has 0 radical (unpaired) electrons. The van der Waals surface area contributed by atoms with Crippen molar-refractivity contribution in [3.05, 3.63) is 87.9 Å². The molecule has 0 aliphatic heterocycles. The highest BCUT2D eigenvalue weighted by molar-refractivity contribution is 7.99. The predicted molar refractivity (Wildman–Crippen MR) is 148 cm³/mol. The van der Waals surface area contributed by atoms with Gasteiger partial charge in [0.2, 0.25) is 5.91 Å². The molecule has 0 saturated carbocycles. The predicted octanol–water partition coefficient (Wildman–Crippen LogP) is 5.39. The molecule has 9 nitrogen and oxygen atoms in total. The average Bonchev–Trinajstić information content (AvgIpc) is 3.34. The Morgan fingerprint density at radius 1 is 1.00 bits per heavy atom. The highest BCUT2D eigenvalue weighted by Gasteiger charge is 2.21. The Morgan fingerprint density at radius 2 is 1.77 bits per heavy atom. The molecule has 0 atom stereocenters. The molecule has 0 fully saturated rings. The number of nitrogens with one attached hydrogen (secondary N) is 2. The minimum absolute atomic E-state index is 0.0193. The molecule has 0 aliphatic carbocycles. The van der Waals surface area contributed by atoms with E-state index in [1.165, 1.54) is 50.6 Å². The first-order valence-electron chi connectivity index (χ1n) is 11.4. The number of carbonyl (C=O) groups is 2. The van der Waals surface area contributed by atoms with Gasteiger partial charge in [0.15, 0.2) is 11.0 Å². The quantitative estimate of drug-likeness (QED) is 0.239. The molecule has 13 heteroatoms. The SMILES string of the molecule is COc1ccc(OC)c(-n2c(CNC(=O)c3ccc(Cl)cc3Cl)nnc2SCC(=O)Nc2ccc(F)cc2)c1. The van der Waals surface area contributed by atoms with Crippen molar-refractivity contribution in [2.45, 2.75) is 11.7 Å². The third-order valence-corrected chi connectivity index (χ3v) is 6.85. The van der Waals surface area contributed by atoms with Crippen LogP contribution in [-0.2, 0) is 11.3 Å². The Morgan fingerprint density at radius 3 is 2.46 bits per heavy atom. The van der Waals surface area contributed by atoms with Crippen molar-refractivity contribution < 1.29 is 23.5 Å². The molecule has 4 rings (SSSR count). The fourth-order valence-electron chi connectivity index (χ4n) is 3.51. The van der Waals surface area contributed by atoms with E-state index in [1.54, 1.807) is 28.8 Å². The molecule has 1 heterocycles. The van der Waals surface area contributed by atoms with E-state index in [2.05, 4.69) is 20.8 Å². The van der Waals surface area contributed by atoms with E-state index < -0.39 is 11.7 Å². The van der Waals surface area contributed by atoms with Gasteiger partial charge in [-0.15, -0.1) is 10.2 Å². The van der Waals surface area contributed by atoms with Gasteiger partial charge in [-0.2, -0.15) is 0 Å². The van der Waals surface area contributed by atoms with E-state index >= 15 is 0 Å². The van der Waals surface area contributed by atoms with Crippen LogP contribution in [0.25, 0.3) is 5.69 Å². The van der Waals surface area contributed by atoms with Crippen molar-refractivity contribution in [2.75, 3.05) is 25.3 Å². The Hall–Kier alpha value is -3.80. The topological polar surface area (TPSA) is 107 Å². The largest absolute Gasteiger partial charge is 0.497 e. The van der Waals surface area contributed by atoms with Crippen molar-refractivity contribution in [3.63, 3.8) is 0 Å². The summed E-state index contributed by atoms with van der Waals surface area (Å²) in [7, 11) is 3.05. The van der Waals surface area contributed by atoms with Crippen LogP contribution in [0.5, 0.6) is 11.5 Å². The van der Waals surface area contributed by atoms with Crippen LogP contribution in [0.2, 0.25) is 10.0 Å². The smallest absolute Gasteiger partial charge is 0.253 e. The normalized spacial score (nSPS) is 10.7. The summed E-state index contributed by atoms with van der Waals surface area (Å²) in [5.41, 5.74) is 1.25. The second-order valence-corrected chi connectivity index (χ2v) is 9.71. The molecule has 1 aromatic heterocycles. The fraction of sp³-hybridized carbons (Fsp3) is 0.154. The Balaban J connectivity index is 1.60. The number of hydrogen-bond donors (Lipinski definition) is 2. The van der Waals surface area contributed by atoms with E-state index in [-0.39, 0.29) is 28.8 Å². The van der Waals surface area contributed by atoms with Gasteiger partial charge in [-0.3, -0.25) is 14.2 Å². The summed E-state index contributed by atoms with van der Waals surface area (Å²) in [5, 5.41) is 15.0. The maximum atomic E-state index is 13.2. The highest BCUT2D eigenvalue weighted by Crippen LogP contribution is 2.32. The van der Waals surface area contributed by atoms with Crippen molar-refractivity contribution in [3.8, 4) is 17.2 Å². The maximum absolute atomic E-state index is 13.2. The Labute approximate surface area is 237 Å². The van der Waals surface area contributed by atoms with Crippen LogP contribution < -0.4 is 20.1 Å². The van der Waals surface area contributed by atoms with E-state index in [1.807, 2.05) is 0 Å².